The molecule has 0 spiro atoms. The molecule has 0 fully saturated rings. The molecule has 108 valence electrons. The van der Waals surface area contributed by atoms with E-state index in [-0.39, 0.29) is 0 Å². The zero-order valence-corrected chi connectivity index (χ0v) is 12.5. The van der Waals surface area contributed by atoms with Crippen LogP contribution in [-0.2, 0) is 20.1 Å². The van der Waals surface area contributed by atoms with E-state index in [2.05, 4.69) is 48.5 Å². The first-order valence-electron chi connectivity index (χ1n) is 7.07. The molecule has 0 saturated carbocycles. The summed E-state index contributed by atoms with van der Waals surface area (Å²) in [4.78, 5) is 0. The lowest BCUT2D eigenvalue weighted by atomic mass is 10.1. The Morgan fingerprint density at radius 2 is 2.00 bits per heavy atom. The maximum absolute atomic E-state index is 5.78. The predicted octanol–water partition coefficient (Wildman–Crippen LogP) is 2.54. The molecule has 0 aliphatic carbocycles. The van der Waals surface area contributed by atoms with Crippen LogP contribution in [0.2, 0.25) is 0 Å². The van der Waals surface area contributed by atoms with Crippen molar-refractivity contribution in [2.45, 2.75) is 32.9 Å². The summed E-state index contributed by atoms with van der Waals surface area (Å²) < 4.78 is 7.52. The number of benzene rings is 1. The molecule has 1 aromatic heterocycles. The molecule has 0 radical (unpaired) electrons. The van der Waals surface area contributed by atoms with Gasteiger partial charge in [-0.2, -0.15) is 5.10 Å². The smallest absolute Gasteiger partial charge is 0.157 e. The Bertz CT molecular complexity index is 534. The molecule has 1 N–H and O–H groups in total. The molecule has 1 heterocycles. The zero-order valence-electron chi connectivity index (χ0n) is 12.5. The monoisotopic (exact) mass is 273 g/mol. The molecule has 2 aromatic rings. The van der Waals surface area contributed by atoms with Crippen LogP contribution in [0, 0.1) is 0 Å². The van der Waals surface area contributed by atoms with Crippen molar-refractivity contribution in [1.82, 2.24) is 15.1 Å². The van der Waals surface area contributed by atoms with Crippen molar-refractivity contribution in [2.75, 3.05) is 6.54 Å². The quantitative estimate of drug-likeness (QED) is 0.842. The van der Waals surface area contributed by atoms with Crippen LogP contribution in [0.5, 0.6) is 5.75 Å². The topological polar surface area (TPSA) is 39.1 Å². The van der Waals surface area contributed by atoms with Gasteiger partial charge in [0.25, 0.3) is 0 Å². The largest absolute Gasteiger partial charge is 0.486 e. The van der Waals surface area contributed by atoms with Gasteiger partial charge in [-0.15, -0.1) is 0 Å². The summed E-state index contributed by atoms with van der Waals surface area (Å²) >= 11 is 0. The van der Waals surface area contributed by atoms with Gasteiger partial charge in [0.05, 0.1) is 12.4 Å². The Morgan fingerprint density at radius 3 is 2.65 bits per heavy atom. The number of aryl methyl sites for hydroxylation is 1. The van der Waals surface area contributed by atoms with Crippen LogP contribution in [0.3, 0.4) is 0 Å². The second-order valence-corrected chi connectivity index (χ2v) is 5.27. The molecule has 0 aliphatic rings. The Kier molecular flexibility index (Phi) is 5.18. The van der Waals surface area contributed by atoms with E-state index in [4.69, 9.17) is 4.74 Å². The van der Waals surface area contributed by atoms with Crippen molar-refractivity contribution in [3.05, 3.63) is 47.8 Å². The molecule has 0 saturated heterocycles. The molecule has 0 unspecified atom stereocenters. The number of nitrogens with zero attached hydrogens (tertiary/aromatic N) is 2. The maximum Gasteiger partial charge on any atom is 0.157 e. The maximum atomic E-state index is 5.78. The standard InChI is InChI=1S/C16H23N3O/c1-13(2)17-9-8-14-6-4-5-7-15(14)12-20-16-10-18-19(3)11-16/h4-7,10-11,13,17H,8-9,12H2,1-3H3. The summed E-state index contributed by atoms with van der Waals surface area (Å²) in [6.07, 6.45) is 4.64. The number of rotatable bonds is 7. The average Bonchev–Trinajstić information content (AvgIpc) is 2.83. The Labute approximate surface area is 120 Å². The minimum Gasteiger partial charge on any atom is -0.486 e. The van der Waals surface area contributed by atoms with E-state index in [0.717, 1.165) is 18.7 Å². The van der Waals surface area contributed by atoms with Gasteiger partial charge in [-0.3, -0.25) is 4.68 Å². The Hall–Kier alpha value is -1.81. The van der Waals surface area contributed by atoms with Crippen LogP contribution in [0.15, 0.2) is 36.7 Å². The molecule has 1 aromatic carbocycles. The first-order chi connectivity index (χ1) is 9.65. The summed E-state index contributed by atoms with van der Waals surface area (Å²) in [7, 11) is 1.89. The summed E-state index contributed by atoms with van der Waals surface area (Å²) in [6, 6.07) is 8.96. The number of hydrogen-bond donors (Lipinski definition) is 1. The van der Waals surface area contributed by atoms with Crippen molar-refractivity contribution >= 4 is 0 Å². The van der Waals surface area contributed by atoms with Gasteiger partial charge in [-0.05, 0) is 24.1 Å². The third-order valence-electron chi connectivity index (χ3n) is 3.14. The third kappa shape index (κ3) is 4.38. The van der Waals surface area contributed by atoms with Crippen LogP contribution >= 0.6 is 0 Å². The number of nitrogens with one attached hydrogen (secondary N) is 1. The summed E-state index contributed by atoms with van der Waals surface area (Å²) in [5.41, 5.74) is 2.58. The summed E-state index contributed by atoms with van der Waals surface area (Å²) in [6.45, 7) is 5.90. The van der Waals surface area contributed by atoms with Crippen LogP contribution < -0.4 is 10.1 Å². The lowest BCUT2D eigenvalue weighted by Crippen LogP contribution is -2.25. The van der Waals surface area contributed by atoms with Gasteiger partial charge < -0.3 is 10.1 Å². The van der Waals surface area contributed by atoms with E-state index in [1.54, 1.807) is 10.9 Å². The van der Waals surface area contributed by atoms with Crippen LogP contribution in [0.4, 0.5) is 0 Å². The highest BCUT2D eigenvalue weighted by Gasteiger charge is 2.04. The fraction of sp³-hybridized carbons (Fsp3) is 0.438. The van der Waals surface area contributed by atoms with Crippen molar-refractivity contribution in [2.24, 2.45) is 7.05 Å². The Balaban J connectivity index is 1.93. The molecule has 20 heavy (non-hydrogen) atoms. The first-order valence-corrected chi connectivity index (χ1v) is 7.07. The molecular weight excluding hydrogens is 250 g/mol. The van der Waals surface area contributed by atoms with Gasteiger partial charge in [0, 0.05) is 13.1 Å². The van der Waals surface area contributed by atoms with E-state index < -0.39 is 0 Å². The first kappa shape index (κ1) is 14.6. The molecule has 4 heteroatoms. The molecule has 2 rings (SSSR count). The molecule has 4 nitrogen and oxygen atoms in total. The highest BCUT2D eigenvalue weighted by molar-refractivity contribution is 5.27. The van der Waals surface area contributed by atoms with Gasteiger partial charge in [0.15, 0.2) is 5.75 Å². The molecular formula is C16H23N3O. The minimum absolute atomic E-state index is 0.522. The fourth-order valence-electron chi connectivity index (χ4n) is 2.07. The number of hydrogen-bond acceptors (Lipinski definition) is 3. The van der Waals surface area contributed by atoms with E-state index in [1.807, 2.05) is 13.2 Å². The predicted molar refractivity (Wildman–Crippen MR) is 80.8 cm³/mol. The van der Waals surface area contributed by atoms with Crippen LogP contribution in [-0.4, -0.2) is 22.4 Å². The summed E-state index contributed by atoms with van der Waals surface area (Å²) in [5, 5.41) is 7.55. The molecule has 0 bridgehead atoms. The van der Waals surface area contributed by atoms with Crippen molar-refractivity contribution in [3.8, 4) is 5.75 Å². The lowest BCUT2D eigenvalue weighted by Gasteiger charge is -2.12. The Morgan fingerprint density at radius 1 is 1.25 bits per heavy atom. The lowest BCUT2D eigenvalue weighted by molar-refractivity contribution is 0.304. The van der Waals surface area contributed by atoms with Gasteiger partial charge in [-0.1, -0.05) is 38.1 Å². The van der Waals surface area contributed by atoms with Gasteiger partial charge in [0.2, 0.25) is 0 Å². The molecule has 0 aliphatic heterocycles. The number of ether oxygens (including phenoxy) is 1. The molecule has 0 atom stereocenters. The SMILES string of the molecule is CC(C)NCCc1ccccc1COc1cnn(C)c1. The van der Waals surface area contributed by atoms with Crippen LogP contribution in [0.25, 0.3) is 0 Å². The second-order valence-electron chi connectivity index (χ2n) is 5.27. The van der Waals surface area contributed by atoms with Gasteiger partial charge >= 0.3 is 0 Å². The van der Waals surface area contributed by atoms with E-state index in [9.17, 15) is 0 Å². The van der Waals surface area contributed by atoms with E-state index in [0.29, 0.717) is 12.6 Å². The molecule has 0 amide bonds. The number of aromatic nitrogens is 2. The fourth-order valence-corrected chi connectivity index (χ4v) is 2.07. The van der Waals surface area contributed by atoms with Crippen LogP contribution in [0.1, 0.15) is 25.0 Å². The van der Waals surface area contributed by atoms with Crippen molar-refractivity contribution in [1.29, 1.82) is 0 Å². The van der Waals surface area contributed by atoms with Gasteiger partial charge in [0.1, 0.15) is 6.61 Å². The van der Waals surface area contributed by atoms with E-state index >= 15 is 0 Å². The van der Waals surface area contributed by atoms with Gasteiger partial charge in [-0.25, -0.2) is 0 Å². The minimum atomic E-state index is 0.522. The van der Waals surface area contributed by atoms with Crippen molar-refractivity contribution < 1.29 is 4.74 Å². The summed E-state index contributed by atoms with van der Waals surface area (Å²) in [5.74, 6) is 0.808. The highest BCUT2D eigenvalue weighted by Crippen LogP contribution is 2.14. The van der Waals surface area contributed by atoms with Crippen molar-refractivity contribution in [3.63, 3.8) is 0 Å². The normalized spacial score (nSPS) is 11.0. The second kappa shape index (κ2) is 7.10. The third-order valence-corrected chi connectivity index (χ3v) is 3.14. The highest BCUT2D eigenvalue weighted by atomic mass is 16.5. The zero-order chi connectivity index (χ0) is 14.4. The van der Waals surface area contributed by atoms with E-state index in [1.165, 1.54) is 11.1 Å². The average molecular weight is 273 g/mol.